The molecule has 0 aliphatic rings. The van der Waals surface area contributed by atoms with Gasteiger partial charge in [0, 0.05) is 6.61 Å². The van der Waals surface area contributed by atoms with Crippen LogP contribution >= 0.6 is 11.6 Å². The van der Waals surface area contributed by atoms with Crippen molar-refractivity contribution in [2.45, 2.75) is 26.3 Å². The maximum Gasteiger partial charge on any atom is 0.360 e. The zero-order chi connectivity index (χ0) is 12.7. The molecule has 0 aliphatic carbocycles. The van der Waals surface area contributed by atoms with Crippen LogP contribution in [0.2, 0.25) is 0 Å². The van der Waals surface area contributed by atoms with Gasteiger partial charge in [0.05, 0.1) is 31.3 Å². The molecule has 0 radical (unpaired) electrons. The molecular formula is C10H16ClN3O3. The first kappa shape index (κ1) is 13.9. The molecule has 1 rings (SSSR count). The fraction of sp³-hybridized carbons (Fsp3) is 0.700. The molecule has 0 unspecified atom stereocenters. The van der Waals surface area contributed by atoms with Gasteiger partial charge in [-0.2, -0.15) is 0 Å². The van der Waals surface area contributed by atoms with Gasteiger partial charge in [0.2, 0.25) is 0 Å². The van der Waals surface area contributed by atoms with Crippen LogP contribution in [0.25, 0.3) is 0 Å². The molecule has 0 aliphatic heterocycles. The van der Waals surface area contributed by atoms with Crippen molar-refractivity contribution in [1.82, 2.24) is 15.0 Å². The van der Waals surface area contributed by atoms with E-state index in [9.17, 15) is 4.79 Å². The van der Waals surface area contributed by atoms with E-state index in [1.807, 2.05) is 6.92 Å². The summed E-state index contributed by atoms with van der Waals surface area (Å²) in [6.45, 7) is 5.60. The van der Waals surface area contributed by atoms with E-state index in [0.29, 0.717) is 32.1 Å². The molecule has 0 N–H and O–H groups in total. The fourth-order valence-electron chi connectivity index (χ4n) is 1.30. The number of carbonyl (C=O) groups excluding carboxylic acids is 1. The molecule has 1 aromatic rings. The van der Waals surface area contributed by atoms with E-state index < -0.39 is 5.97 Å². The molecule has 0 saturated heterocycles. The van der Waals surface area contributed by atoms with Crippen LogP contribution in [0.3, 0.4) is 0 Å². The molecule has 7 heteroatoms. The van der Waals surface area contributed by atoms with Crippen molar-refractivity contribution >= 4 is 17.6 Å². The normalized spacial score (nSPS) is 10.5. The third kappa shape index (κ3) is 3.67. The first-order valence-corrected chi connectivity index (χ1v) is 6.01. The van der Waals surface area contributed by atoms with Gasteiger partial charge < -0.3 is 9.47 Å². The van der Waals surface area contributed by atoms with Crippen LogP contribution in [0.1, 0.15) is 30.0 Å². The largest absolute Gasteiger partial charge is 0.461 e. The first-order valence-electron chi connectivity index (χ1n) is 5.47. The number of hydrogen-bond donors (Lipinski definition) is 0. The molecular weight excluding hydrogens is 246 g/mol. The van der Waals surface area contributed by atoms with Gasteiger partial charge >= 0.3 is 5.97 Å². The first-order chi connectivity index (χ1) is 8.24. The van der Waals surface area contributed by atoms with Crippen molar-refractivity contribution in [3.63, 3.8) is 0 Å². The molecule has 0 amide bonds. The Morgan fingerprint density at radius 2 is 2.18 bits per heavy atom. The number of nitrogens with zero attached hydrogens (tertiary/aromatic N) is 3. The SMILES string of the molecule is CCOCCn1nnc(C(=O)OCC)c1CCl. The number of ether oxygens (including phenoxy) is 2. The number of esters is 1. The van der Waals surface area contributed by atoms with E-state index in [1.54, 1.807) is 11.6 Å². The van der Waals surface area contributed by atoms with Gasteiger partial charge in [-0.25, -0.2) is 9.48 Å². The molecule has 0 fully saturated rings. The Hall–Kier alpha value is -1.14. The number of halogens is 1. The summed E-state index contributed by atoms with van der Waals surface area (Å²) in [6, 6.07) is 0. The van der Waals surface area contributed by atoms with E-state index >= 15 is 0 Å². The third-order valence-corrected chi connectivity index (χ3v) is 2.34. The van der Waals surface area contributed by atoms with E-state index in [2.05, 4.69) is 10.3 Å². The van der Waals surface area contributed by atoms with Gasteiger partial charge in [0.1, 0.15) is 0 Å². The second kappa shape index (κ2) is 7.24. The standard InChI is InChI=1S/C10H16ClN3O3/c1-3-16-6-5-14-8(7-11)9(12-13-14)10(15)17-4-2/h3-7H2,1-2H3. The molecule has 0 spiro atoms. The lowest BCUT2D eigenvalue weighted by molar-refractivity contribution is 0.0518. The molecule has 0 atom stereocenters. The summed E-state index contributed by atoms with van der Waals surface area (Å²) < 4.78 is 11.6. The fourth-order valence-corrected chi connectivity index (χ4v) is 1.56. The van der Waals surface area contributed by atoms with Gasteiger partial charge in [-0.05, 0) is 13.8 Å². The smallest absolute Gasteiger partial charge is 0.360 e. The number of aromatic nitrogens is 3. The third-order valence-electron chi connectivity index (χ3n) is 2.08. The van der Waals surface area contributed by atoms with Gasteiger partial charge in [-0.3, -0.25) is 0 Å². The molecule has 1 heterocycles. The van der Waals surface area contributed by atoms with E-state index in [-0.39, 0.29) is 11.6 Å². The maximum absolute atomic E-state index is 11.5. The van der Waals surface area contributed by atoms with Crippen LogP contribution in [0, 0.1) is 0 Å². The van der Waals surface area contributed by atoms with Gasteiger partial charge in [-0.1, -0.05) is 5.21 Å². The molecule has 0 bridgehead atoms. The van der Waals surface area contributed by atoms with E-state index in [0.717, 1.165) is 0 Å². The summed E-state index contributed by atoms with van der Waals surface area (Å²) in [6.07, 6.45) is 0. The van der Waals surface area contributed by atoms with Crippen molar-refractivity contribution in [2.75, 3.05) is 19.8 Å². The van der Waals surface area contributed by atoms with Crippen molar-refractivity contribution in [1.29, 1.82) is 0 Å². The van der Waals surface area contributed by atoms with Crippen molar-refractivity contribution in [3.8, 4) is 0 Å². The Bertz CT molecular complexity index is 368. The van der Waals surface area contributed by atoms with Crippen molar-refractivity contribution in [3.05, 3.63) is 11.4 Å². The highest BCUT2D eigenvalue weighted by molar-refractivity contribution is 6.17. The molecule has 0 aromatic carbocycles. The molecule has 1 aromatic heterocycles. The van der Waals surface area contributed by atoms with E-state index in [1.165, 1.54) is 0 Å². The van der Waals surface area contributed by atoms with Crippen LogP contribution in [-0.4, -0.2) is 40.8 Å². The highest BCUT2D eigenvalue weighted by Gasteiger charge is 2.19. The molecule has 17 heavy (non-hydrogen) atoms. The van der Waals surface area contributed by atoms with Gasteiger partial charge in [0.15, 0.2) is 5.69 Å². The Balaban J connectivity index is 2.76. The lowest BCUT2D eigenvalue weighted by Gasteiger charge is -2.05. The lowest BCUT2D eigenvalue weighted by atomic mass is 10.3. The van der Waals surface area contributed by atoms with Crippen LogP contribution in [0.4, 0.5) is 0 Å². The summed E-state index contributed by atoms with van der Waals surface area (Å²) >= 11 is 5.79. The zero-order valence-corrected chi connectivity index (χ0v) is 10.7. The number of alkyl halides is 1. The second-order valence-corrected chi connectivity index (χ2v) is 3.43. The number of hydrogen-bond acceptors (Lipinski definition) is 5. The Morgan fingerprint density at radius 1 is 1.41 bits per heavy atom. The summed E-state index contributed by atoms with van der Waals surface area (Å²) in [5.74, 6) is -0.335. The minimum absolute atomic E-state index is 0.160. The number of carbonyl (C=O) groups is 1. The van der Waals surface area contributed by atoms with Crippen LogP contribution < -0.4 is 0 Å². The molecule has 96 valence electrons. The maximum atomic E-state index is 11.5. The molecule has 6 nitrogen and oxygen atoms in total. The average molecular weight is 262 g/mol. The van der Waals surface area contributed by atoms with Crippen LogP contribution in [-0.2, 0) is 21.9 Å². The average Bonchev–Trinajstić information content (AvgIpc) is 2.73. The van der Waals surface area contributed by atoms with Crippen molar-refractivity contribution < 1.29 is 14.3 Å². The summed E-state index contributed by atoms with van der Waals surface area (Å²) in [5.41, 5.74) is 0.739. The van der Waals surface area contributed by atoms with E-state index in [4.69, 9.17) is 21.1 Å². The Kier molecular flexibility index (Phi) is 5.93. The quantitative estimate of drug-likeness (QED) is 0.420. The minimum Gasteiger partial charge on any atom is -0.461 e. The van der Waals surface area contributed by atoms with Crippen LogP contribution in [0.15, 0.2) is 0 Å². The summed E-state index contributed by atoms with van der Waals surface area (Å²) in [4.78, 5) is 11.5. The minimum atomic E-state index is -0.495. The van der Waals surface area contributed by atoms with Crippen molar-refractivity contribution in [2.24, 2.45) is 0 Å². The highest BCUT2D eigenvalue weighted by atomic mass is 35.5. The summed E-state index contributed by atoms with van der Waals surface area (Å²) in [7, 11) is 0. The predicted molar refractivity (Wildman–Crippen MR) is 62.0 cm³/mol. The van der Waals surface area contributed by atoms with Crippen LogP contribution in [0.5, 0.6) is 0 Å². The Morgan fingerprint density at radius 3 is 2.76 bits per heavy atom. The number of rotatable bonds is 7. The van der Waals surface area contributed by atoms with Gasteiger partial charge in [0.25, 0.3) is 0 Å². The summed E-state index contributed by atoms with van der Waals surface area (Å²) in [5, 5.41) is 7.65. The van der Waals surface area contributed by atoms with Gasteiger partial charge in [-0.15, -0.1) is 16.7 Å². The Labute approximate surface area is 105 Å². The lowest BCUT2D eigenvalue weighted by Crippen LogP contribution is -2.12. The second-order valence-electron chi connectivity index (χ2n) is 3.16. The zero-order valence-electron chi connectivity index (χ0n) is 9.98. The highest BCUT2D eigenvalue weighted by Crippen LogP contribution is 2.10. The predicted octanol–water partition coefficient (Wildman–Crippen LogP) is 1.23. The monoisotopic (exact) mass is 261 g/mol. The topological polar surface area (TPSA) is 66.2 Å². The molecule has 0 saturated carbocycles.